The maximum absolute atomic E-state index is 14.3. The molecule has 1 N–H and O–H groups in total. The van der Waals surface area contributed by atoms with Crippen LogP contribution in [0.1, 0.15) is 32.2 Å². The highest BCUT2D eigenvalue weighted by atomic mass is 32.1. The fraction of sp³-hybridized carbons (Fsp3) is 0.278. The van der Waals surface area contributed by atoms with Gasteiger partial charge in [0.05, 0.1) is 11.3 Å². The first-order valence-corrected chi connectivity index (χ1v) is 9.31. The van der Waals surface area contributed by atoms with Gasteiger partial charge in [0.2, 0.25) is 0 Å². The number of benzene rings is 1. The number of alkyl halides is 6. The molecule has 2 aromatic heterocycles. The zero-order valence-electron chi connectivity index (χ0n) is 15.5. The predicted octanol–water partition coefficient (Wildman–Crippen LogP) is 4.11. The fourth-order valence-corrected chi connectivity index (χ4v) is 3.86. The second-order valence-corrected chi connectivity index (χ2v) is 7.64. The Labute approximate surface area is 173 Å². The monoisotopic (exact) mass is 467 g/mol. The lowest BCUT2D eigenvalue weighted by Crippen LogP contribution is -2.35. The number of hydrogen-bond donors (Lipinski definition) is 1. The molecule has 0 unspecified atom stereocenters. The number of hydrogen-bond acceptors (Lipinski definition) is 4. The second-order valence-electron chi connectivity index (χ2n) is 6.46. The fourth-order valence-electron chi connectivity index (χ4n) is 2.87. The van der Waals surface area contributed by atoms with E-state index in [1.165, 1.54) is 6.92 Å². The predicted molar refractivity (Wildman–Crippen MR) is 96.7 cm³/mol. The van der Waals surface area contributed by atoms with Gasteiger partial charge in [-0.25, -0.2) is 13.8 Å². The summed E-state index contributed by atoms with van der Waals surface area (Å²) in [7, 11) is 0. The van der Waals surface area contributed by atoms with E-state index in [4.69, 9.17) is 0 Å². The van der Waals surface area contributed by atoms with Gasteiger partial charge in [-0.3, -0.25) is 9.59 Å². The molecule has 3 aromatic rings. The molecule has 0 aliphatic heterocycles. The van der Waals surface area contributed by atoms with Gasteiger partial charge in [-0.05, 0) is 18.6 Å². The topological polar surface area (TPSA) is 63.5 Å². The summed E-state index contributed by atoms with van der Waals surface area (Å²) < 4.78 is 90.8. The van der Waals surface area contributed by atoms with E-state index in [9.17, 15) is 40.3 Å². The molecule has 2 heterocycles. The highest BCUT2D eigenvalue weighted by Crippen LogP contribution is 2.33. The van der Waals surface area contributed by atoms with Crippen LogP contribution in [0.5, 0.6) is 0 Å². The molecule has 0 saturated carbocycles. The number of nitrogens with zero attached hydrogens (tertiary/aromatic N) is 2. The Morgan fingerprint density at radius 1 is 1.19 bits per heavy atom. The standard InChI is InChI=1S/C18H12F7N3O2S/c1-8-14(15(30)26-7-17(20,21)22)28-12(29)6-10(27-16(28)31-8)5-9-3-2-4-11(13(9)19)18(23,24)25/h2-4,6H,5,7H2,1H3,(H,26,30). The molecular weight excluding hydrogens is 455 g/mol. The Morgan fingerprint density at radius 2 is 1.87 bits per heavy atom. The first-order chi connectivity index (χ1) is 14.3. The largest absolute Gasteiger partial charge is 0.419 e. The van der Waals surface area contributed by atoms with Crippen molar-refractivity contribution in [2.24, 2.45) is 0 Å². The van der Waals surface area contributed by atoms with Crippen LogP contribution < -0.4 is 10.9 Å². The quantitative estimate of drug-likeness (QED) is 0.588. The number of aromatic nitrogens is 2. The first kappa shape index (κ1) is 22.7. The van der Waals surface area contributed by atoms with Crippen molar-refractivity contribution in [3.05, 3.63) is 67.8 Å². The molecule has 166 valence electrons. The number of rotatable bonds is 4. The van der Waals surface area contributed by atoms with E-state index in [2.05, 4.69) is 4.98 Å². The Morgan fingerprint density at radius 3 is 2.48 bits per heavy atom. The smallest absolute Gasteiger partial charge is 0.342 e. The first-order valence-electron chi connectivity index (χ1n) is 8.49. The average Bonchev–Trinajstić information content (AvgIpc) is 2.96. The number of carbonyl (C=O) groups is 1. The van der Waals surface area contributed by atoms with Crippen LogP contribution in [0.3, 0.4) is 0 Å². The Bertz CT molecular complexity index is 1210. The summed E-state index contributed by atoms with van der Waals surface area (Å²) in [6.07, 6.45) is -9.99. The maximum Gasteiger partial charge on any atom is 0.419 e. The van der Waals surface area contributed by atoms with Crippen LogP contribution in [0.15, 0.2) is 29.1 Å². The summed E-state index contributed by atoms with van der Waals surface area (Å²) in [6.45, 7) is -0.203. The molecule has 5 nitrogen and oxygen atoms in total. The molecule has 1 amide bonds. The van der Waals surface area contributed by atoms with Crippen LogP contribution >= 0.6 is 11.3 Å². The summed E-state index contributed by atoms with van der Waals surface area (Å²) in [4.78, 5) is 28.8. The molecule has 0 aliphatic rings. The van der Waals surface area contributed by atoms with Crippen LogP contribution in [0.2, 0.25) is 0 Å². The molecule has 0 radical (unpaired) electrons. The minimum atomic E-state index is -4.90. The third kappa shape index (κ3) is 4.86. The Kier molecular flexibility index (Phi) is 5.82. The second kappa shape index (κ2) is 7.94. The molecule has 3 rings (SSSR count). The van der Waals surface area contributed by atoms with Crippen molar-refractivity contribution in [1.82, 2.24) is 14.7 Å². The van der Waals surface area contributed by atoms with Gasteiger partial charge in [-0.2, -0.15) is 26.3 Å². The van der Waals surface area contributed by atoms with Crippen molar-refractivity contribution < 1.29 is 35.5 Å². The summed E-state index contributed by atoms with van der Waals surface area (Å²) in [5.41, 5.74) is -3.04. The van der Waals surface area contributed by atoms with E-state index in [1.54, 1.807) is 5.32 Å². The number of amides is 1. The molecule has 1 aromatic carbocycles. The lowest BCUT2D eigenvalue weighted by molar-refractivity contribution is -0.140. The van der Waals surface area contributed by atoms with E-state index in [0.717, 1.165) is 33.9 Å². The SMILES string of the molecule is Cc1sc2nc(Cc3cccc(C(F)(F)F)c3F)cc(=O)n2c1C(=O)NCC(F)(F)F. The molecule has 0 saturated heterocycles. The minimum absolute atomic E-state index is 0.0632. The van der Waals surface area contributed by atoms with Crippen LogP contribution in [0, 0.1) is 12.7 Å². The zero-order valence-corrected chi connectivity index (χ0v) is 16.3. The van der Waals surface area contributed by atoms with Crippen molar-refractivity contribution in [3.63, 3.8) is 0 Å². The number of nitrogens with one attached hydrogen (secondary N) is 1. The molecule has 13 heteroatoms. The average molecular weight is 467 g/mol. The number of halogens is 7. The molecule has 0 aliphatic carbocycles. The number of carbonyl (C=O) groups excluding carboxylic acids is 1. The normalized spacial score (nSPS) is 12.4. The van der Waals surface area contributed by atoms with Gasteiger partial charge in [-0.1, -0.05) is 12.1 Å². The van der Waals surface area contributed by atoms with Gasteiger partial charge < -0.3 is 5.32 Å². The number of aryl methyl sites for hydroxylation is 1. The van der Waals surface area contributed by atoms with E-state index in [-0.39, 0.29) is 26.8 Å². The van der Waals surface area contributed by atoms with E-state index < -0.39 is 48.2 Å². The van der Waals surface area contributed by atoms with Gasteiger partial charge in [0.15, 0.2) is 4.96 Å². The third-order valence-corrected chi connectivity index (χ3v) is 5.12. The van der Waals surface area contributed by atoms with E-state index in [0.29, 0.717) is 6.07 Å². The van der Waals surface area contributed by atoms with Crippen LogP contribution in [-0.4, -0.2) is 28.0 Å². The van der Waals surface area contributed by atoms with Crippen molar-refractivity contribution >= 4 is 22.2 Å². The number of thiazole rings is 1. The molecular formula is C18H12F7N3O2S. The lowest BCUT2D eigenvalue weighted by Gasteiger charge is -2.11. The van der Waals surface area contributed by atoms with Crippen LogP contribution in [0.25, 0.3) is 4.96 Å². The Balaban J connectivity index is 1.98. The lowest BCUT2D eigenvalue weighted by atomic mass is 10.0. The molecule has 0 fully saturated rings. The molecule has 0 bridgehead atoms. The van der Waals surface area contributed by atoms with Gasteiger partial charge in [0.25, 0.3) is 11.5 Å². The Hall–Kier alpha value is -2.96. The maximum atomic E-state index is 14.3. The summed E-state index contributed by atoms with van der Waals surface area (Å²) in [6, 6.07) is 3.60. The van der Waals surface area contributed by atoms with E-state index in [1.807, 2.05) is 0 Å². The zero-order chi connectivity index (χ0) is 23.1. The van der Waals surface area contributed by atoms with E-state index >= 15 is 0 Å². The van der Waals surface area contributed by atoms with Gasteiger partial charge in [0, 0.05) is 17.4 Å². The number of fused-ring (bicyclic) bond motifs is 1. The van der Waals surface area contributed by atoms with Crippen molar-refractivity contribution in [3.8, 4) is 0 Å². The summed E-state index contributed by atoms with van der Waals surface area (Å²) in [5.74, 6) is -2.63. The summed E-state index contributed by atoms with van der Waals surface area (Å²) >= 11 is 0.827. The molecule has 0 atom stereocenters. The van der Waals surface area contributed by atoms with Gasteiger partial charge >= 0.3 is 12.4 Å². The van der Waals surface area contributed by atoms with Gasteiger partial charge in [-0.15, -0.1) is 11.3 Å². The van der Waals surface area contributed by atoms with Crippen LogP contribution in [-0.2, 0) is 12.6 Å². The highest BCUT2D eigenvalue weighted by molar-refractivity contribution is 7.17. The van der Waals surface area contributed by atoms with Crippen molar-refractivity contribution in [1.29, 1.82) is 0 Å². The van der Waals surface area contributed by atoms with Crippen LogP contribution in [0.4, 0.5) is 30.7 Å². The highest BCUT2D eigenvalue weighted by Gasteiger charge is 2.35. The minimum Gasteiger partial charge on any atom is -0.342 e. The van der Waals surface area contributed by atoms with Crippen molar-refractivity contribution in [2.45, 2.75) is 25.7 Å². The molecule has 0 spiro atoms. The van der Waals surface area contributed by atoms with Crippen molar-refractivity contribution in [2.75, 3.05) is 6.54 Å². The molecule has 31 heavy (non-hydrogen) atoms. The van der Waals surface area contributed by atoms with Gasteiger partial charge in [0.1, 0.15) is 18.1 Å². The third-order valence-electron chi connectivity index (χ3n) is 4.16. The summed E-state index contributed by atoms with van der Waals surface area (Å²) in [5, 5.41) is 1.67.